The molecule has 16 aromatic rings. The normalized spacial score (nSPS) is 11.4. The molecule has 2 radical (unpaired) electrons. The molecule has 1 atom stereocenters. The summed E-state index contributed by atoms with van der Waals surface area (Å²) < 4.78 is 7.01. The Balaban J connectivity index is 0.000000144. The van der Waals surface area contributed by atoms with Gasteiger partial charge in [-0.05, 0) is 139 Å². The lowest BCUT2D eigenvalue weighted by Gasteiger charge is -2.18. The molecule has 6 heteroatoms. The zero-order valence-electron chi connectivity index (χ0n) is 46.6. The highest BCUT2D eigenvalue weighted by atomic mass is 31.0. The minimum atomic E-state index is 0.667. The lowest BCUT2D eigenvalue weighted by Crippen LogP contribution is -2.00. The number of hydrogen-bond donors (Lipinski definition) is 0. The van der Waals surface area contributed by atoms with Crippen LogP contribution in [0.25, 0.3) is 138 Å². The van der Waals surface area contributed by atoms with Crippen LogP contribution in [0.2, 0.25) is 0 Å². The molecular weight excluding hydrogens is 1030 g/mol. The molecule has 84 heavy (non-hydrogen) atoms. The first kappa shape index (κ1) is 52.0. The predicted molar refractivity (Wildman–Crippen MR) is 363 cm³/mol. The summed E-state index contributed by atoms with van der Waals surface area (Å²) in [6.45, 7) is 2.17. The molecule has 0 saturated carbocycles. The second-order valence-electron chi connectivity index (χ2n) is 21.1. The fraction of sp³-hybridized carbons (Fsp3) is 0.0385. The molecule has 4 nitrogen and oxygen atoms in total. The van der Waals surface area contributed by atoms with Crippen LogP contribution in [0.4, 0.5) is 0 Å². The number of benzene rings is 13. The average molecular weight is 1090 g/mol. The number of rotatable bonds is 8. The summed E-state index contributed by atoms with van der Waals surface area (Å²) in [6.07, 6.45) is 0.875. The molecule has 0 saturated heterocycles. The number of imidazole rings is 1. The number of aromatic nitrogens is 4. The molecular formula is C78H58BN4P. The highest BCUT2D eigenvalue weighted by Crippen LogP contribution is 2.44. The minimum Gasteiger partial charge on any atom is -0.309 e. The van der Waals surface area contributed by atoms with E-state index in [2.05, 4.69) is 327 Å². The summed E-state index contributed by atoms with van der Waals surface area (Å²) in [4.78, 5) is 4.89. The Kier molecular flexibility index (Phi) is 14.1. The van der Waals surface area contributed by atoms with Gasteiger partial charge in [-0.15, -0.1) is 9.24 Å². The molecule has 0 amide bonds. The van der Waals surface area contributed by atoms with E-state index in [9.17, 15) is 0 Å². The van der Waals surface area contributed by atoms with E-state index in [-0.39, 0.29) is 0 Å². The topological polar surface area (TPSA) is 27.7 Å². The number of nitrogens with zero attached hydrogens (tertiary/aromatic N) is 4. The molecule has 0 N–H and O–H groups in total. The van der Waals surface area contributed by atoms with Gasteiger partial charge in [-0.3, -0.25) is 4.57 Å². The van der Waals surface area contributed by atoms with Crippen molar-refractivity contribution in [3.63, 3.8) is 0 Å². The smallest absolute Gasteiger partial charge is 0.114 e. The maximum atomic E-state index is 4.89. The van der Waals surface area contributed by atoms with Gasteiger partial charge in [0.2, 0.25) is 0 Å². The molecule has 0 aliphatic heterocycles. The Morgan fingerprint density at radius 3 is 0.917 bits per heavy atom. The van der Waals surface area contributed by atoms with Gasteiger partial charge in [-0.25, -0.2) is 4.98 Å². The highest BCUT2D eigenvalue weighted by molar-refractivity contribution is 7.19. The van der Waals surface area contributed by atoms with Gasteiger partial charge in [0.1, 0.15) is 5.82 Å². The molecule has 0 aliphatic rings. The molecule has 0 spiro atoms. The first-order valence-electron chi connectivity index (χ1n) is 28.8. The predicted octanol–water partition coefficient (Wildman–Crippen LogP) is 20.4. The molecule has 1 unspecified atom stereocenters. The minimum absolute atomic E-state index is 0.667. The monoisotopic (exact) mass is 1090 g/mol. The summed E-state index contributed by atoms with van der Waals surface area (Å²) in [5, 5.41) is 10.2. The van der Waals surface area contributed by atoms with Crippen molar-refractivity contribution < 1.29 is 0 Å². The van der Waals surface area contributed by atoms with Gasteiger partial charge in [0, 0.05) is 45.0 Å². The van der Waals surface area contributed by atoms with Gasteiger partial charge in [-0.1, -0.05) is 237 Å². The molecule has 398 valence electrons. The van der Waals surface area contributed by atoms with E-state index >= 15 is 0 Å². The van der Waals surface area contributed by atoms with E-state index < -0.39 is 0 Å². The number of para-hydroxylation sites is 6. The van der Waals surface area contributed by atoms with Crippen LogP contribution in [0.1, 0.15) is 12.7 Å². The number of aryl methyl sites for hydroxylation is 1. The van der Waals surface area contributed by atoms with Gasteiger partial charge in [0.25, 0.3) is 0 Å². The SMILES string of the molecule is CCc1nc2ccccc2n1-c1ccc(-c2c3ccccc3c(-c3ccc(-c4ccccc4)cc3)c3ccccc23)cc1.[B]CP.c1ccc2c(c1)c1ccccc1n2-c1ccc(-c2ccc(-n3c4ccccc4c4ccccc43)cc2)cc1. The summed E-state index contributed by atoms with van der Waals surface area (Å²) in [5.74, 6) is 1.08. The van der Waals surface area contributed by atoms with Crippen LogP contribution >= 0.6 is 9.24 Å². The van der Waals surface area contributed by atoms with Crippen molar-refractivity contribution in [3.05, 3.63) is 303 Å². The van der Waals surface area contributed by atoms with Crippen molar-refractivity contribution in [1.29, 1.82) is 0 Å². The van der Waals surface area contributed by atoms with Gasteiger partial charge < -0.3 is 9.13 Å². The molecule has 3 aromatic heterocycles. The van der Waals surface area contributed by atoms with E-state index in [1.165, 1.54) is 121 Å². The Morgan fingerprint density at radius 1 is 0.286 bits per heavy atom. The summed E-state index contributed by atoms with van der Waals surface area (Å²) in [7, 11) is 7.17. The molecule has 13 aromatic carbocycles. The zero-order chi connectivity index (χ0) is 56.5. The third-order valence-corrected chi connectivity index (χ3v) is 16.3. The fourth-order valence-electron chi connectivity index (χ4n) is 12.6. The second-order valence-corrected chi connectivity index (χ2v) is 21.6. The van der Waals surface area contributed by atoms with Crippen LogP contribution in [0.3, 0.4) is 0 Å². The van der Waals surface area contributed by atoms with Crippen molar-refractivity contribution in [2.75, 3.05) is 6.06 Å². The third kappa shape index (κ3) is 9.34. The van der Waals surface area contributed by atoms with Crippen LogP contribution in [0.15, 0.2) is 297 Å². The Morgan fingerprint density at radius 2 is 0.548 bits per heavy atom. The summed E-state index contributed by atoms with van der Waals surface area (Å²) >= 11 is 0. The molecule has 0 fully saturated rings. The van der Waals surface area contributed by atoms with Gasteiger partial charge in [0.05, 0.1) is 40.9 Å². The highest BCUT2D eigenvalue weighted by Gasteiger charge is 2.19. The largest absolute Gasteiger partial charge is 0.309 e. The van der Waals surface area contributed by atoms with Crippen LogP contribution in [0.5, 0.6) is 0 Å². The number of hydrogen-bond acceptors (Lipinski definition) is 1. The standard InChI is InChI=1S/C41H30N2.C36H24N2.CH4BP/c1-2-39-42-37-18-10-11-19-38(37)43(39)32-26-24-31(25-27-32)41-35-16-8-6-14-33(35)40(34-15-7-9-17-36(34)41)30-22-20-29(21-23-30)28-12-4-3-5-13-28;1-5-13-33-29(9-1)30-10-2-6-14-34(30)37(33)27-21-17-25(18-22-27)26-19-23-28(24-20-26)38-35-15-7-3-11-31(35)32-12-4-8-16-36(32)38;2-1-3/h3-27H,2H2,1H3;1-24H;1,3H2. The van der Waals surface area contributed by atoms with E-state index in [4.69, 9.17) is 12.8 Å². The quantitative estimate of drug-likeness (QED) is 0.0846. The summed E-state index contributed by atoms with van der Waals surface area (Å²) in [5.41, 5.74) is 20.5. The van der Waals surface area contributed by atoms with Gasteiger partial charge >= 0.3 is 0 Å². The van der Waals surface area contributed by atoms with Crippen LogP contribution in [0, 0.1) is 0 Å². The Hall–Kier alpha value is -10.1. The van der Waals surface area contributed by atoms with Crippen molar-refractivity contribution in [2.45, 2.75) is 13.3 Å². The molecule has 0 aliphatic carbocycles. The van der Waals surface area contributed by atoms with Crippen LogP contribution in [-0.2, 0) is 6.42 Å². The maximum Gasteiger partial charge on any atom is 0.114 e. The van der Waals surface area contributed by atoms with Crippen molar-refractivity contribution in [1.82, 2.24) is 18.7 Å². The first-order chi connectivity index (χ1) is 41.6. The van der Waals surface area contributed by atoms with E-state index in [1.54, 1.807) is 0 Å². The summed E-state index contributed by atoms with van der Waals surface area (Å²) in [6, 6.07) is 108. The molecule has 16 rings (SSSR count). The van der Waals surface area contributed by atoms with E-state index in [1.807, 2.05) is 0 Å². The van der Waals surface area contributed by atoms with E-state index in [0.29, 0.717) is 6.06 Å². The number of fused-ring (bicyclic) bond motifs is 9. The third-order valence-electron chi connectivity index (χ3n) is 16.3. The second kappa shape index (κ2) is 22.7. The Bertz CT molecular complexity index is 4700. The Labute approximate surface area is 493 Å². The maximum absolute atomic E-state index is 4.89. The molecule has 3 heterocycles. The lowest BCUT2D eigenvalue weighted by molar-refractivity contribution is 0.908. The van der Waals surface area contributed by atoms with Crippen molar-refractivity contribution in [2.24, 2.45) is 0 Å². The lowest BCUT2D eigenvalue weighted by atomic mass is 9.85. The zero-order valence-corrected chi connectivity index (χ0v) is 47.8. The van der Waals surface area contributed by atoms with Crippen LogP contribution in [-0.4, -0.2) is 32.6 Å². The van der Waals surface area contributed by atoms with Crippen LogP contribution < -0.4 is 0 Å². The average Bonchev–Trinajstić information content (AvgIpc) is 4.36. The van der Waals surface area contributed by atoms with E-state index in [0.717, 1.165) is 29.0 Å². The van der Waals surface area contributed by atoms with Gasteiger partial charge in [-0.2, -0.15) is 0 Å². The van der Waals surface area contributed by atoms with Gasteiger partial charge in [0.15, 0.2) is 0 Å². The molecule has 0 bridgehead atoms. The fourth-order valence-corrected chi connectivity index (χ4v) is 12.6. The first-order valence-corrected chi connectivity index (χ1v) is 29.6. The van der Waals surface area contributed by atoms with Crippen molar-refractivity contribution >= 4 is 93.3 Å². The van der Waals surface area contributed by atoms with Crippen molar-refractivity contribution in [3.8, 4) is 61.6 Å².